The van der Waals surface area contributed by atoms with Crippen molar-refractivity contribution in [1.29, 1.82) is 0 Å². The smallest absolute Gasteiger partial charge is 0.193 e. The van der Waals surface area contributed by atoms with Crippen LogP contribution in [-0.4, -0.2) is 72.6 Å². The quantitative estimate of drug-likeness (QED) is 0.485. The molecule has 5 heteroatoms. The van der Waals surface area contributed by atoms with Crippen molar-refractivity contribution in [2.24, 2.45) is 4.99 Å². The molecule has 1 saturated carbocycles. The Morgan fingerprint density at radius 1 is 1.09 bits per heavy atom. The lowest BCUT2D eigenvalue weighted by Crippen LogP contribution is -2.53. The number of nitrogens with one attached hydrogen (secondary N) is 1. The molecular formula is C18H34N4S. The van der Waals surface area contributed by atoms with E-state index in [0.29, 0.717) is 4.75 Å². The molecule has 0 aromatic heterocycles. The third-order valence-electron chi connectivity index (χ3n) is 5.66. The lowest BCUT2D eigenvalue weighted by Gasteiger charge is -2.45. The van der Waals surface area contributed by atoms with Gasteiger partial charge in [-0.25, -0.2) is 0 Å². The molecule has 1 aliphatic carbocycles. The number of hydrogen-bond donors (Lipinski definition) is 1. The Hall–Kier alpha value is -0.420. The van der Waals surface area contributed by atoms with Gasteiger partial charge in [0.15, 0.2) is 5.96 Å². The highest BCUT2D eigenvalue weighted by Crippen LogP contribution is 2.42. The van der Waals surface area contributed by atoms with Crippen molar-refractivity contribution in [3.63, 3.8) is 0 Å². The highest BCUT2D eigenvalue weighted by Gasteiger charge is 2.38. The van der Waals surface area contributed by atoms with E-state index in [4.69, 9.17) is 0 Å². The van der Waals surface area contributed by atoms with Crippen LogP contribution in [0.25, 0.3) is 0 Å². The van der Waals surface area contributed by atoms with E-state index < -0.39 is 0 Å². The zero-order valence-corrected chi connectivity index (χ0v) is 15.7. The summed E-state index contributed by atoms with van der Waals surface area (Å²) in [5.74, 6) is 2.39. The van der Waals surface area contributed by atoms with E-state index in [1.54, 1.807) is 0 Å². The van der Waals surface area contributed by atoms with E-state index in [-0.39, 0.29) is 0 Å². The monoisotopic (exact) mass is 338 g/mol. The van der Waals surface area contributed by atoms with Gasteiger partial charge in [-0.1, -0.05) is 19.3 Å². The van der Waals surface area contributed by atoms with Crippen molar-refractivity contribution in [1.82, 2.24) is 15.1 Å². The van der Waals surface area contributed by atoms with Crippen LogP contribution in [0.15, 0.2) is 4.99 Å². The zero-order valence-electron chi connectivity index (χ0n) is 14.9. The standard InChI is InChI=1S/C18H34N4S/c1-19-17(20-10-7-13-21-11-5-6-12-21)22-14-15-23-18(16-22)8-3-2-4-9-18/h2-16H2,1H3,(H,19,20). The first-order chi connectivity index (χ1) is 11.3. The van der Waals surface area contributed by atoms with E-state index in [1.165, 1.54) is 83.3 Å². The number of thioether (sulfide) groups is 1. The summed E-state index contributed by atoms with van der Waals surface area (Å²) in [4.78, 5) is 9.69. The summed E-state index contributed by atoms with van der Waals surface area (Å²) in [5, 5.41) is 3.63. The van der Waals surface area contributed by atoms with Crippen LogP contribution in [0.1, 0.15) is 51.4 Å². The van der Waals surface area contributed by atoms with Gasteiger partial charge in [-0.05, 0) is 51.7 Å². The highest BCUT2D eigenvalue weighted by atomic mass is 32.2. The minimum Gasteiger partial charge on any atom is -0.356 e. The largest absolute Gasteiger partial charge is 0.356 e. The lowest BCUT2D eigenvalue weighted by atomic mass is 9.87. The number of guanidine groups is 1. The van der Waals surface area contributed by atoms with Crippen LogP contribution in [0.5, 0.6) is 0 Å². The molecule has 4 nitrogen and oxygen atoms in total. The number of rotatable bonds is 4. The lowest BCUT2D eigenvalue weighted by molar-refractivity contribution is 0.292. The van der Waals surface area contributed by atoms with Crippen LogP contribution in [0.4, 0.5) is 0 Å². The summed E-state index contributed by atoms with van der Waals surface area (Å²) in [5.41, 5.74) is 0. The topological polar surface area (TPSA) is 30.9 Å². The highest BCUT2D eigenvalue weighted by molar-refractivity contribution is 8.00. The second-order valence-electron chi connectivity index (χ2n) is 7.39. The van der Waals surface area contributed by atoms with Crippen molar-refractivity contribution in [3.05, 3.63) is 0 Å². The first kappa shape index (κ1) is 17.4. The fourth-order valence-corrected chi connectivity index (χ4v) is 5.93. The number of aliphatic imine (C=N–C) groups is 1. The molecule has 0 aromatic carbocycles. The Kier molecular flexibility index (Phi) is 6.52. The Bertz CT molecular complexity index is 381. The van der Waals surface area contributed by atoms with Gasteiger partial charge in [-0.2, -0.15) is 11.8 Å². The van der Waals surface area contributed by atoms with Gasteiger partial charge in [0.05, 0.1) is 0 Å². The van der Waals surface area contributed by atoms with Crippen molar-refractivity contribution in [3.8, 4) is 0 Å². The van der Waals surface area contributed by atoms with Gasteiger partial charge in [0.25, 0.3) is 0 Å². The third kappa shape index (κ3) is 4.79. The van der Waals surface area contributed by atoms with Gasteiger partial charge in [-0.3, -0.25) is 4.99 Å². The van der Waals surface area contributed by atoms with Crippen LogP contribution in [0, 0.1) is 0 Å². The maximum atomic E-state index is 4.57. The van der Waals surface area contributed by atoms with Gasteiger partial charge < -0.3 is 15.1 Å². The molecule has 0 bridgehead atoms. The Morgan fingerprint density at radius 3 is 2.61 bits per heavy atom. The second-order valence-corrected chi connectivity index (χ2v) is 8.95. The van der Waals surface area contributed by atoms with Crippen LogP contribution >= 0.6 is 11.8 Å². The molecule has 0 unspecified atom stereocenters. The molecule has 2 saturated heterocycles. The zero-order chi connectivity index (χ0) is 16.0. The van der Waals surface area contributed by atoms with E-state index >= 15 is 0 Å². The van der Waals surface area contributed by atoms with Gasteiger partial charge >= 0.3 is 0 Å². The minimum absolute atomic E-state index is 0.518. The van der Waals surface area contributed by atoms with Crippen LogP contribution in [0.3, 0.4) is 0 Å². The summed E-state index contributed by atoms with van der Waals surface area (Å²) in [6.45, 7) is 7.26. The van der Waals surface area contributed by atoms with Gasteiger partial charge in [0.2, 0.25) is 0 Å². The SMILES string of the molecule is CN=C(NCCCN1CCCC1)N1CCSC2(CCCCC2)C1. The molecular weight excluding hydrogens is 304 g/mol. The predicted molar refractivity (Wildman–Crippen MR) is 101 cm³/mol. The molecule has 0 amide bonds. The number of hydrogen-bond acceptors (Lipinski definition) is 3. The summed E-state index contributed by atoms with van der Waals surface area (Å²) in [6, 6.07) is 0. The third-order valence-corrected chi connectivity index (χ3v) is 7.19. The molecule has 0 radical (unpaired) electrons. The first-order valence-electron chi connectivity index (χ1n) is 9.63. The Morgan fingerprint density at radius 2 is 1.87 bits per heavy atom. The Balaban J connectivity index is 1.43. The average molecular weight is 339 g/mol. The number of nitrogens with zero attached hydrogens (tertiary/aromatic N) is 3. The summed E-state index contributed by atoms with van der Waals surface area (Å²) >= 11 is 2.23. The van der Waals surface area contributed by atoms with Crippen molar-refractivity contribution >= 4 is 17.7 Å². The molecule has 3 rings (SSSR count). The van der Waals surface area contributed by atoms with E-state index in [2.05, 4.69) is 31.9 Å². The molecule has 2 aliphatic heterocycles. The second kappa shape index (κ2) is 8.61. The van der Waals surface area contributed by atoms with Crippen LogP contribution < -0.4 is 5.32 Å². The molecule has 0 aromatic rings. The summed E-state index contributed by atoms with van der Waals surface area (Å²) in [6.07, 6.45) is 11.1. The van der Waals surface area contributed by atoms with E-state index in [9.17, 15) is 0 Å². The van der Waals surface area contributed by atoms with Crippen molar-refractivity contribution < 1.29 is 0 Å². The molecule has 23 heavy (non-hydrogen) atoms. The fraction of sp³-hybridized carbons (Fsp3) is 0.944. The Labute approximate surface area is 146 Å². The van der Waals surface area contributed by atoms with Gasteiger partial charge in [0.1, 0.15) is 0 Å². The maximum absolute atomic E-state index is 4.57. The van der Waals surface area contributed by atoms with E-state index in [0.717, 1.165) is 19.0 Å². The van der Waals surface area contributed by atoms with Crippen LogP contribution in [-0.2, 0) is 0 Å². The number of likely N-dealkylation sites (tertiary alicyclic amines) is 1. The first-order valence-corrected chi connectivity index (χ1v) is 10.6. The average Bonchev–Trinajstić information content (AvgIpc) is 3.09. The molecule has 1 spiro atoms. The molecule has 132 valence electrons. The van der Waals surface area contributed by atoms with Crippen molar-refractivity contribution in [2.75, 3.05) is 52.1 Å². The molecule has 0 atom stereocenters. The maximum Gasteiger partial charge on any atom is 0.193 e. The van der Waals surface area contributed by atoms with Crippen molar-refractivity contribution in [2.45, 2.75) is 56.1 Å². The van der Waals surface area contributed by atoms with Gasteiger partial charge in [0, 0.05) is 37.2 Å². The fourth-order valence-electron chi connectivity index (χ4n) is 4.37. The van der Waals surface area contributed by atoms with Gasteiger partial charge in [-0.15, -0.1) is 0 Å². The normalized spacial score (nSPS) is 26.0. The summed E-state index contributed by atoms with van der Waals surface area (Å²) < 4.78 is 0.518. The molecule has 3 aliphatic rings. The van der Waals surface area contributed by atoms with Crippen LogP contribution in [0.2, 0.25) is 0 Å². The molecule has 3 fully saturated rings. The van der Waals surface area contributed by atoms with E-state index in [1.807, 2.05) is 7.05 Å². The molecule has 2 heterocycles. The predicted octanol–water partition coefficient (Wildman–Crippen LogP) is 2.80. The summed E-state index contributed by atoms with van der Waals surface area (Å²) in [7, 11) is 1.94. The molecule has 1 N–H and O–H groups in total. The minimum atomic E-state index is 0.518.